The second-order valence-electron chi connectivity index (χ2n) is 4.88. The summed E-state index contributed by atoms with van der Waals surface area (Å²) < 4.78 is 20.8. The fourth-order valence-corrected chi connectivity index (χ4v) is 2.61. The van der Waals surface area contributed by atoms with Gasteiger partial charge in [-0.15, -0.1) is 0 Å². The summed E-state index contributed by atoms with van der Waals surface area (Å²) in [5.41, 5.74) is 6.09. The zero-order valence-corrected chi connectivity index (χ0v) is 10.5. The number of ether oxygens (including phenoxy) is 1. The Morgan fingerprint density at radius 2 is 2.37 bits per heavy atom. The first-order chi connectivity index (χ1) is 9.10. The largest absolute Gasteiger partial charge is 0.394 e. The predicted octanol–water partition coefficient (Wildman–Crippen LogP) is 1.07. The van der Waals surface area contributed by atoms with Crippen molar-refractivity contribution in [1.29, 1.82) is 0 Å². The summed E-state index contributed by atoms with van der Waals surface area (Å²) in [5, 5.41) is 9.76. The van der Waals surface area contributed by atoms with E-state index in [4.69, 9.17) is 15.6 Å². The molecule has 1 saturated heterocycles. The van der Waals surface area contributed by atoms with Crippen molar-refractivity contribution in [3.05, 3.63) is 18.3 Å². The predicted molar refractivity (Wildman–Crippen MR) is 66.7 cm³/mol. The summed E-state index contributed by atoms with van der Waals surface area (Å²) >= 11 is 0. The molecular formula is C12H15FN4O2. The summed E-state index contributed by atoms with van der Waals surface area (Å²) in [4.78, 5) is 7.29. The molecule has 1 aliphatic heterocycles. The Morgan fingerprint density at radius 1 is 1.58 bits per heavy atom. The monoisotopic (exact) mass is 266 g/mol. The van der Waals surface area contributed by atoms with E-state index in [1.807, 2.05) is 6.92 Å². The van der Waals surface area contributed by atoms with Gasteiger partial charge in [0, 0.05) is 12.1 Å². The van der Waals surface area contributed by atoms with E-state index in [0.717, 1.165) is 6.42 Å². The average Bonchev–Trinajstić information content (AvgIpc) is 2.92. The second-order valence-corrected chi connectivity index (χ2v) is 4.88. The first kappa shape index (κ1) is 12.3. The van der Waals surface area contributed by atoms with Crippen molar-refractivity contribution in [3.63, 3.8) is 0 Å². The highest BCUT2D eigenvalue weighted by molar-refractivity contribution is 5.86. The normalized spacial score (nSPS) is 27.2. The van der Waals surface area contributed by atoms with Crippen LogP contribution in [-0.2, 0) is 4.74 Å². The molecule has 1 aliphatic rings. The first-order valence-corrected chi connectivity index (χ1v) is 6.16. The Morgan fingerprint density at radius 3 is 3.05 bits per heavy atom. The molecule has 2 aromatic rings. The van der Waals surface area contributed by atoms with E-state index in [1.54, 1.807) is 16.8 Å². The zero-order valence-electron chi connectivity index (χ0n) is 10.5. The number of anilines is 1. The molecule has 3 atom stereocenters. The third-order valence-electron chi connectivity index (χ3n) is 3.51. The highest BCUT2D eigenvalue weighted by Crippen LogP contribution is 2.36. The fourth-order valence-electron chi connectivity index (χ4n) is 2.61. The molecule has 19 heavy (non-hydrogen) atoms. The topological polar surface area (TPSA) is 86.2 Å². The van der Waals surface area contributed by atoms with Gasteiger partial charge in [0.05, 0.1) is 18.1 Å². The van der Waals surface area contributed by atoms with Gasteiger partial charge in [0.15, 0.2) is 5.65 Å². The number of nitrogen functional groups attached to an aromatic ring is 1. The van der Waals surface area contributed by atoms with E-state index >= 15 is 0 Å². The lowest BCUT2D eigenvalue weighted by Gasteiger charge is -2.18. The van der Waals surface area contributed by atoms with Crippen LogP contribution in [0.3, 0.4) is 0 Å². The molecule has 1 fully saturated rings. The van der Waals surface area contributed by atoms with Gasteiger partial charge in [0.1, 0.15) is 12.0 Å². The van der Waals surface area contributed by atoms with Crippen molar-refractivity contribution in [2.45, 2.75) is 25.7 Å². The van der Waals surface area contributed by atoms with Crippen LogP contribution >= 0.6 is 0 Å². The van der Waals surface area contributed by atoms with Gasteiger partial charge < -0.3 is 20.1 Å². The van der Waals surface area contributed by atoms with Crippen molar-refractivity contribution >= 4 is 16.9 Å². The van der Waals surface area contributed by atoms with Gasteiger partial charge >= 0.3 is 6.08 Å². The summed E-state index contributed by atoms with van der Waals surface area (Å²) in [6.45, 7) is 2.00. The van der Waals surface area contributed by atoms with Crippen LogP contribution in [0.2, 0.25) is 0 Å². The molecule has 0 bridgehead atoms. The molecule has 3 rings (SSSR count). The maximum Gasteiger partial charge on any atom is 0.312 e. The maximum absolute atomic E-state index is 13.3. The molecule has 0 amide bonds. The lowest BCUT2D eigenvalue weighted by Crippen LogP contribution is -2.15. The van der Waals surface area contributed by atoms with E-state index in [0.29, 0.717) is 11.0 Å². The van der Waals surface area contributed by atoms with Crippen LogP contribution in [0.1, 0.15) is 19.6 Å². The van der Waals surface area contributed by atoms with Gasteiger partial charge in [-0.05, 0) is 12.5 Å². The SMILES string of the molecule is C[C@H]1C[C@@H](CO)O[C@H]1n1ccc2c(N)nc(F)nc21. The van der Waals surface area contributed by atoms with Gasteiger partial charge in [-0.3, -0.25) is 0 Å². The lowest BCUT2D eigenvalue weighted by atomic mass is 10.1. The van der Waals surface area contributed by atoms with Gasteiger partial charge in [0.2, 0.25) is 0 Å². The minimum absolute atomic E-state index is 0.0223. The number of aromatic nitrogens is 3. The summed E-state index contributed by atoms with van der Waals surface area (Å²) in [7, 11) is 0. The quantitative estimate of drug-likeness (QED) is 0.794. The third kappa shape index (κ3) is 1.95. The summed E-state index contributed by atoms with van der Waals surface area (Å²) in [5.74, 6) is 0.317. The Bertz CT molecular complexity index is 615. The van der Waals surface area contributed by atoms with Gasteiger partial charge in [0.25, 0.3) is 0 Å². The molecule has 7 heteroatoms. The molecular weight excluding hydrogens is 251 g/mol. The highest BCUT2D eigenvalue weighted by Gasteiger charge is 2.33. The molecule has 0 aromatic carbocycles. The van der Waals surface area contributed by atoms with Gasteiger partial charge in [-0.2, -0.15) is 14.4 Å². The second kappa shape index (κ2) is 4.43. The van der Waals surface area contributed by atoms with Crippen LogP contribution in [0, 0.1) is 12.0 Å². The van der Waals surface area contributed by atoms with E-state index < -0.39 is 6.08 Å². The fraction of sp³-hybridized carbons (Fsp3) is 0.500. The Labute approximate surface area is 109 Å². The maximum atomic E-state index is 13.3. The molecule has 3 heterocycles. The van der Waals surface area contributed by atoms with Gasteiger partial charge in [-0.25, -0.2) is 0 Å². The van der Waals surface area contributed by atoms with Gasteiger partial charge in [-0.1, -0.05) is 6.92 Å². The van der Waals surface area contributed by atoms with E-state index in [1.165, 1.54) is 0 Å². The number of aliphatic hydroxyl groups is 1. The third-order valence-corrected chi connectivity index (χ3v) is 3.51. The number of nitrogens with two attached hydrogens (primary N) is 1. The number of hydrogen-bond acceptors (Lipinski definition) is 5. The van der Waals surface area contributed by atoms with Crippen molar-refractivity contribution in [2.75, 3.05) is 12.3 Å². The molecule has 0 saturated carbocycles. The van der Waals surface area contributed by atoms with Crippen molar-refractivity contribution < 1.29 is 14.2 Å². The molecule has 0 unspecified atom stereocenters. The molecule has 102 valence electrons. The van der Waals surface area contributed by atoms with E-state index in [-0.39, 0.29) is 30.7 Å². The molecule has 2 aromatic heterocycles. The molecule has 6 nitrogen and oxygen atoms in total. The number of fused-ring (bicyclic) bond motifs is 1. The van der Waals surface area contributed by atoms with Crippen molar-refractivity contribution in [2.24, 2.45) is 5.92 Å². The van der Waals surface area contributed by atoms with Crippen LogP contribution < -0.4 is 5.73 Å². The summed E-state index contributed by atoms with van der Waals surface area (Å²) in [6, 6.07) is 1.74. The standard InChI is InChI=1S/C12H15FN4O2/c1-6-4-7(5-18)19-11(6)17-3-2-8-9(14)15-12(13)16-10(8)17/h2-3,6-7,11,18H,4-5H2,1H3,(H2,14,15,16)/t6-,7-,11+/m0/s1. The number of aliphatic hydroxyl groups excluding tert-OH is 1. The average molecular weight is 266 g/mol. The Hall–Kier alpha value is -1.73. The lowest BCUT2D eigenvalue weighted by molar-refractivity contribution is -0.0292. The van der Waals surface area contributed by atoms with E-state index in [2.05, 4.69) is 9.97 Å². The minimum atomic E-state index is -0.852. The van der Waals surface area contributed by atoms with Crippen LogP contribution in [0.5, 0.6) is 0 Å². The van der Waals surface area contributed by atoms with Crippen LogP contribution in [0.25, 0.3) is 11.0 Å². The van der Waals surface area contributed by atoms with Crippen molar-refractivity contribution in [3.8, 4) is 0 Å². The minimum Gasteiger partial charge on any atom is -0.394 e. The number of nitrogens with zero attached hydrogens (tertiary/aromatic N) is 3. The Balaban J connectivity index is 2.06. The van der Waals surface area contributed by atoms with E-state index in [9.17, 15) is 4.39 Å². The Kier molecular flexibility index (Phi) is 2.87. The number of hydrogen-bond donors (Lipinski definition) is 2. The smallest absolute Gasteiger partial charge is 0.312 e. The number of rotatable bonds is 2. The molecule has 0 radical (unpaired) electrons. The van der Waals surface area contributed by atoms with Crippen LogP contribution in [-0.4, -0.2) is 32.4 Å². The first-order valence-electron chi connectivity index (χ1n) is 6.16. The number of halogens is 1. The van der Waals surface area contributed by atoms with Crippen LogP contribution in [0.15, 0.2) is 12.3 Å². The summed E-state index contributed by atoms with van der Waals surface area (Å²) in [6.07, 6.45) is 1.19. The zero-order chi connectivity index (χ0) is 13.6. The van der Waals surface area contributed by atoms with Crippen LogP contribution in [0.4, 0.5) is 10.2 Å². The van der Waals surface area contributed by atoms with Crippen molar-refractivity contribution in [1.82, 2.24) is 14.5 Å². The highest BCUT2D eigenvalue weighted by atomic mass is 19.1. The molecule has 3 N–H and O–H groups in total. The molecule has 0 aliphatic carbocycles. The molecule has 0 spiro atoms.